The Balaban J connectivity index is 1.64. The number of benzene rings is 2. The second kappa shape index (κ2) is 11.9. The maximum Gasteiger partial charge on any atom is 0.255 e. The van der Waals surface area contributed by atoms with E-state index in [1.54, 1.807) is 48.5 Å². The van der Waals surface area contributed by atoms with Crippen molar-refractivity contribution < 1.29 is 22.7 Å². The highest BCUT2D eigenvalue weighted by Gasteiger charge is 2.22. The fraction of sp³-hybridized carbons (Fsp3) is 0.440. The number of nitrogens with one attached hydrogen (secondary N) is 1. The molecule has 1 N–H and O–H groups in total. The van der Waals surface area contributed by atoms with Gasteiger partial charge < -0.3 is 15.0 Å². The molecule has 0 radical (unpaired) electrons. The van der Waals surface area contributed by atoms with Gasteiger partial charge >= 0.3 is 0 Å². The Labute approximate surface area is 201 Å². The normalized spacial score (nSPS) is 14.2. The van der Waals surface area contributed by atoms with Crippen molar-refractivity contribution in [3.63, 3.8) is 0 Å². The minimum Gasteiger partial charge on any atom is -0.495 e. The van der Waals surface area contributed by atoms with Crippen molar-refractivity contribution >= 4 is 33.2 Å². The van der Waals surface area contributed by atoms with E-state index in [2.05, 4.69) is 5.32 Å². The monoisotopic (exact) mass is 487 g/mol. The number of amides is 2. The molecule has 2 amide bonds. The van der Waals surface area contributed by atoms with Crippen molar-refractivity contribution in [1.29, 1.82) is 0 Å². The van der Waals surface area contributed by atoms with Crippen molar-refractivity contribution in [3.8, 4) is 5.75 Å². The maximum absolute atomic E-state index is 13.1. The number of carbonyl (C=O) groups excluding carboxylic acids is 2. The van der Waals surface area contributed by atoms with Crippen molar-refractivity contribution in [1.82, 2.24) is 4.90 Å². The molecule has 0 bridgehead atoms. The van der Waals surface area contributed by atoms with Crippen LogP contribution in [0.3, 0.4) is 0 Å². The number of anilines is 2. The van der Waals surface area contributed by atoms with E-state index in [0.29, 0.717) is 29.1 Å². The largest absolute Gasteiger partial charge is 0.495 e. The Kier molecular flexibility index (Phi) is 8.92. The zero-order chi connectivity index (χ0) is 24.6. The summed E-state index contributed by atoms with van der Waals surface area (Å²) >= 11 is 0. The molecule has 0 spiro atoms. The number of nitrogens with zero attached hydrogens (tertiary/aromatic N) is 2. The van der Waals surface area contributed by atoms with Crippen molar-refractivity contribution in [2.45, 2.75) is 38.5 Å². The predicted molar refractivity (Wildman–Crippen MR) is 134 cm³/mol. The molecule has 34 heavy (non-hydrogen) atoms. The van der Waals surface area contributed by atoms with Gasteiger partial charge in [0.25, 0.3) is 5.91 Å². The van der Waals surface area contributed by atoms with E-state index in [4.69, 9.17) is 4.74 Å². The van der Waals surface area contributed by atoms with Crippen LogP contribution in [0.25, 0.3) is 0 Å². The summed E-state index contributed by atoms with van der Waals surface area (Å²) in [7, 11) is -2.09. The SMILES string of the molecule is COc1ccccc1N(CCCC(=O)Nc1ccccc1C(=O)N1CCCCCC1)S(C)(=O)=O. The Hall–Kier alpha value is -3.07. The number of carbonyl (C=O) groups is 2. The molecule has 1 heterocycles. The minimum absolute atomic E-state index is 0.0720. The molecule has 1 saturated heterocycles. The molecular weight excluding hydrogens is 454 g/mol. The van der Waals surface area contributed by atoms with Gasteiger partial charge in [0.2, 0.25) is 15.9 Å². The standard InChI is InChI=1S/C25H33N3O5S/c1-33-23-15-8-7-14-22(23)28(34(2,31)32)19-11-16-24(29)26-21-13-6-5-12-20(21)25(30)27-17-9-3-4-10-18-27/h5-8,12-15H,3-4,9-11,16-19H2,1-2H3,(H,26,29). The molecule has 1 aliphatic heterocycles. The first kappa shape index (κ1) is 25.6. The molecule has 8 nitrogen and oxygen atoms in total. The lowest BCUT2D eigenvalue weighted by molar-refractivity contribution is -0.116. The molecule has 0 aromatic heterocycles. The van der Waals surface area contributed by atoms with Crippen LogP contribution in [0.2, 0.25) is 0 Å². The van der Waals surface area contributed by atoms with Crippen LogP contribution >= 0.6 is 0 Å². The molecule has 0 saturated carbocycles. The molecule has 184 valence electrons. The zero-order valence-electron chi connectivity index (χ0n) is 19.8. The maximum atomic E-state index is 13.1. The summed E-state index contributed by atoms with van der Waals surface area (Å²) in [6.45, 7) is 1.58. The lowest BCUT2D eigenvalue weighted by Crippen LogP contribution is -2.33. The van der Waals surface area contributed by atoms with Gasteiger partial charge in [-0.1, -0.05) is 37.1 Å². The molecule has 2 aromatic carbocycles. The first-order chi connectivity index (χ1) is 16.3. The molecular formula is C25H33N3O5S. The van der Waals surface area contributed by atoms with E-state index in [-0.39, 0.29) is 24.8 Å². The molecule has 0 unspecified atom stereocenters. The number of para-hydroxylation sites is 3. The Morgan fingerprint density at radius 1 is 1.00 bits per heavy atom. The highest BCUT2D eigenvalue weighted by molar-refractivity contribution is 7.92. The van der Waals surface area contributed by atoms with Gasteiger partial charge in [-0.2, -0.15) is 0 Å². The summed E-state index contributed by atoms with van der Waals surface area (Å²) in [6, 6.07) is 13.9. The van der Waals surface area contributed by atoms with E-state index in [1.165, 1.54) is 11.4 Å². The highest BCUT2D eigenvalue weighted by atomic mass is 32.2. The quantitative estimate of drug-likeness (QED) is 0.579. The van der Waals surface area contributed by atoms with Gasteiger partial charge in [-0.3, -0.25) is 13.9 Å². The zero-order valence-corrected chi connectivity index (χ0v) is 20.6. The van der Waals surface area contributed by atoms with E-state index in [1.807, 2.05) is 4.90 Å². The Morgan fingerprint density at radius 3 is 2.32 bits per heavy atom. The smallest absolute Gasteiger partial charge is 0.255 e. The van der Waals surface area contributed by atoms with Gasteiger partial charge in [-0.25, -0.2) is 8.42 Å². The minimum atomic E-state index is -3.57. The number of ether oxygens (including phenoxy) is 1. The topological polar surface area (TPSA) is 96.0 Å². The van der Waals surface area contributed by atoms with Gasteiger partial charge in [0, 0.05) is 26.1 Å². The first-order valence-corrected chi connectivity index (χ1v) is 13.4. The average molecular weight is 488 g/mol. The fourth-order valence-electron chi connectivity index (χ4n) is 4.12. The number of hydrogen-bond donors (Lipinski definition) is 1. The molecule has 0 atom stereocenters. The molecule has 9 heteroatoms. The third-order valence-electron chi connectivity index (χ3n) is 5.84. The van der Waals surface area contributed by atoms with Gasteiger partial charge in [-0.05, 0) is 43.5 Å². The second-order valence-electron chi connectivity index (χ2n) is 8.41. The van der Waals surface area contributed by atoms with Crippen LogP contribution in [-0.2, 0) is 14.8 Å². The Bertz CT molecular complexity index is 1100. The number of sulfonamides is 1. The first-order valence-electron chi connectivity index (χ1n) is 11.6. The van der Waals surface area contributed by atoms with Crippen LogP contribution in [0, 0.1) is 0 Å². The van der Waals surface area contributed by atoms with Crippen LogP contribution < -0.4 is 14.4 Å². The van der Waals surface area contributed by atoms with Crippen LogP contribution in [0.1, 0.15) is 48.9 Å². The lowest BCUT2D eigenvalue weighted by Gasteiger charge is -2.24. The van der Waals surface area contributed by atoms with E-state index in [9.17, 15) is 18.0 Å². The van der Waals surface area contributed by atoms with Crippen molar-refractivity contribution in [2.24, 2.45) is 0 Å². The van der Waals surface area contributed by atoms with Gasteiger partial charge in [0.1, 0.15) is 5.75 Å². The van der Waals surface area contributed by atoms with Gasteiger partial charge in [0.15, 0.2) is 0 Å². The highest BCUT2D eigenvalue weighted by Crippen LogP contribution is 2.29. The van der Waals surface area contributed by atoms with E-state index in [0.717, 1.165) is 45.0 Å². The number of rotatable bonds is 9. The third kappa shape index (κ3) is 6.72. The average Bonchev–Trinajstić information content (AvgIpc) is 3.11. The summed E-state index contributed by atoms with van der Waals surface area (Å²) in [5, 5.41) is 2.84. The van der Waals surface area contributed by atoms with Crippen molar-refractivity contribution in [2.75, 3.05) is 42.6 Å². The predicted octanol–water partition coefficient (Wildman–Crippen LogP) is 3.90. The molecule has 3 rings (SSSR count). The number of likely N-dealkylation sites (tertiary alicyclic amines) is 1. The summed E-state index contributed by atoms with van der Waals surface area (Å²) < 4.78 is 31.3. The summed E-state index contributed by atoms with van der Waals surface area (Å²) in [4.78, 5) is 27.6. The fourth-order valence-corrected chi connectivity index (χ4v) is 5.09. The van der Waals surface area contributed by atoms with Crippen LogP contribution in [-0.4, -0.2) is 58.1 Å². The lowest BCUT2D eigenvalue weighted by atomic mass is 10.1. The molecule has 1 fully saturated rings. The van der Waals surface area contributed by atoms with Gasteiger partial charge in [0.05, 0.1) is 30.3 Å². The van der Waals surface area contributed by atoms with Crippen molar-refractivity contribution in [3.05, 3.63) is 54.1 Å². The van der Waals surface area contributed by atoms with E-state index >= 15 is 0 Å². The number of hydrogen-bond acceptors (Lipinski definition) is 5. The van der Waals surface area contributed by atoms with Crippen LogP contribution in [0.4, 0.5) is 11.4 Å². The molecule has 0 aliphatic carbocycles. The molecule has 2 aromatic rings. The van der Waals surface area contributed by atoms with Crippen LogP contribution in [0.5, 0.6) is 5.75 Å². The summed E-state index contributed by atoms with van der Waals surface area (Å²) in [5.41, 5.74) is 1.39. The van der Waals surface area contributed by atoms with E-state index < -0.39 is 10.0 Å². The van der Waals surface area contributed by atoms with Crippen LogP contribution in [0.15, 0.2) is 48.5 Å². The second-order valence-corrected chi connectivity index (χ2v) is 10.3. The summed E-state index contributed by atoms with van der Waals surface area (Å²) in [5.74, 6) is 0.0974. The Morgan fingerprint density at radius 2 is 1.65 bits per heavy atom. The number of methoxy groups -OCH3 is 1. The molecule has 1 aliphatic rings. The third-order valence-corrected chi connectivity index (χ3v) is 7.02. The summed E-state index contributed by atoms with van der Waals surface area (Å²) in [6.07, 6.45) is 5.77. The van der Waals surface area contributed by atoms with Gasteiger partial charge in [-0.15, -0.1) is 0 Å².